The van der Waals surface area contributed by atoms with Crippen LogP contribution in [0, 0.1) is 18.8 Å². The molecule has 4 atom stereocenters. The minimum absolute atomic E-state index is 0. The number of aliphatic hydroxyl groups excluding tert-OH is 2. The zero-order chi connectivity index (χ0) is 28.1. The Labute approximate surface area is 253 Å². The van der Waals surface area contributed by atoms with Gasteiger partial charge < -0.3 is 26.2 Å². The predicted octanol–water partition coefficient (Wildman–Crippen LogP) is 4.74. The number of pyridine rings is 1. The third-order valence-electron chi connectivity index (χ3n) is 8.23. The average Bonchev–Trinajstić information content (AvgIpc) is 3.90. The summed E-state index contributed by atoms with van der Waals surface area (Å²) in [5.41, 5.74) is 4.12. The second-order valence-electron chi connectivity index (χ2n) is 11.4. The Balaban J connectivity index is 0.00000316. The molecule has 5 N–H and O–H groups in total. The lowest BCUT2D eigenvalue weighted by molar-refractivity contribution is -0.123. The molecule has 3 heterocycles. The molecule has 4 aromatic rings. The van der Waals surface area contributed by atoms with E-state index in [0.717, 1.165) is 51.6 Å². The molecule has 42 heavy (non-hydrogen) atoms. The van der Waals surface area contributed by atoms with Crippen LogP contribution in [0.15, 0.2) is 42.6 Å². The van der Waals surface area contributed by atoms with Crippen LogP contribution in [0.1, 0.15) is 49.4 Å². The number of halogens is 1. The Morgan fingerprint density at radius 1 is 1.02 bits per heavy atom. The zero-order valence-electron chi connectivity index (χ0n) is 23.2. The Bertz CT molecular complexity index is 1590. The summed E-state index contributed by atoms with van der Waals surface area (Å²) in [4.78, 5) is 32.3. The van der Waals surface area contributed by atoms with Gasteiger partial charge in [-0.3, -0.25) is 9.78 Å². The molecule has 10 nitrogen and oxygen atoms in total. The monoisotopic (exact) mass is 607 g/mol. The Morgan fingerprint density at radius 2 is 1.81 bits per heavy atom. The average molecular weight is 608 g/mol. The van der Waals surface area contributed by atoms with Crippen molar-refractivity contribution in [2.45, 2.75) is 63.2 Å². The molecule has 0 bridgehead atoms. The van der Waals surface area contributed by atoms with Crippen molar-refractivity contribution >= 4 is 57.3 Å². The second-order valence-corrected chi connectivity index (χ2v) is 12.5. The quantitative estimate of drug-likeness (QED) is 0.182. The number of hydrogen-bond acceptors (Lipinski definition) is 10. The van der Waals surface area contributed by atoms with E-state index in [2.05, 4.69) is 20.9 Å². The number of fused-ring (bicyclic) bond motifs is 1. The Kier molecular flexibility index (Phi) is 8.01. The Hall–Kier alpha value is -3.38. The fourth-order valence-corrected chi connectivity index (χ4v) is 6.64. The number of aliphatic hydroxyl groups is 2. The predicted molar refractivity (Wildman–Crippen MR) is 166 cm³/mol. The van der Waals surface area contributed by atoms with E-state index in [1.165, 1.54) is 12.8 Å². The van der Waals surface area contributed by atoms with Crippen LogP contribution in [0.2, 0.25) is 0 Å². The van der Waals surface area contributed by atoms with Gasteiger partial charge in [-0.25, -0.2) is 9.97 Å². The van der Waals surface area contributed by atoms with E-state index in [1.54, 1.807) is 23.5 Å². The maximum Gasteiger partial charge on any atom is 0.230 e. The topological polar surface area (TPSA) is 145 Å². The number of carbonyl (C=O) groups is 1. The van der Waals surface area contributed by atoms with Crippen molar-refractivity contribution in [1.29, 1.82) is 0 Å². The summed E-state index contributed by atoms with van der Waals surface area (Å²) in [6.07, 6.45) is 4.39. The number of anilines is 3. The van der Waals surface area contributed by atoms with Crippen molar-refractivity contribution in [2.75, 3.05) is 22.5 Å². The SMILES string of the molecule is Cc1nc(NCC2CC2)nc(N[C@@H]2C[C@H](C(=O)Nc3ccccc3)[C@@H](O)[C@H]2O)c1-c1nc2c(C3CC3)nccc2s1.Cl. The molecule has 0 unspecified atom stereocenters. The molecular formula is C30H34ClN7O3S. The highest BCUT2D eigenvalue weighted by atomic mass is 35.5. The van der Waals surface area contributed by atoms with E-state index in [4.69, 9.17) is 15.0 Å². The molecule has 0 aliphatic heterocycles. The first-order chi connectivity index (χ1) is 19.9. The highest BCUT2D eigenvalue weighted by Crippen LogP contribution is 2.44. The van der Waals surface area contributed by atoms with Crippen molar-refractivity contribution in [2.24, 2.45) is 11.8 Å². The molecule has 220 valence electrons. The summed E-state index contributed by atoms with van der Waals surface area (Å²) in [6, 6.07) is 10.5. The zero-order valence-corrected chi connectivity index (χ0v) is 24.8. The molecule has 1 amide bonds. The van der Waals surface area contributed by atoms with Crippen LogP contribution in [0.4, 0.5) is 17.5 Å². The van der Waals surface area contributed by atoms with E-state index >= 15 is 0 Å². The molecule has 0 saturated heterocycles. The molecule has 1 aromatic carbocycles. The number of amides is 1. The van der Waals surface area contributed by atoms with Crippen molar-refractivity contribution < 1.29 is 15.0 Å². The van der Waals surface area contributed by atoms with Crippen LogP contribution in [0.3, 0.4) is 0 Å². The van der Waals surface area contributed by atoms with Gasteiger partial charge in [0.05, 0.1) is 39.7 Å². The van der Waals surface area contributed by atoms with Gasteiger partial charge in [-0.2, -0.15) is 4.98 Å². The number of aryl methyl sites for hydroxylation is 1. The first-order valence-electron chi connectivity index (χ1n) is 14.3. The first-order valence-corrected chi connectivity index (χ1v) is 15.1. The molecule has 3 aromatic heterocycles. The molecule has 3 aliphatic carbocycles. The normalized spacial score (nSPS) is 23.4. The lowest BCUT2D eigenvalue weighted by Crippen LogP contribution is -2.37. The standard InChI is InChI=1S/C30H33N7O3S.ClH/c1-15-22(29-36-24-21(41-29)11-12-31-23(24)17-9-10-17)27(37-30(33-15)32-14-16-7-8-16)35-20-13-19(25(38)26(20)39)28(40)34-18-5-3-2-4-6-18;/h2-6,11-12,16-17,19-20,25-26,38-39H,7-10,13-14H2,1H3,(H,34,40)(H2,32,33,35,37);1H/t19-,20+,25+,26-;/m0./s1. The van der Waals surface area contributed by atoms with Gasteiger partial charge in [-0.1, -0.05) is 18.2 Å². The number of benzene rings is 1. The van der Waals surface area contributed by atoms with Crippen LogP contribution >= 0.6 is 23.7 Å². The van der Waals surface area contributed by atoms with Crippen molar-refractivity contribution in [3.05, 3.63) is 54.0 Å². The van der Waals surface area contributed by atoms with Crippen molar-refractivity contribution in [3.63, 3.8) is 0 Å². The largest absolute Gasteiger partial charge is 0.390 e. The number of nitrogens with one attached hydrogen (secondary N) is 3. The highest BCUT2D eigenvalue weighted by Gasteiger charge is 2.45. The van der Waals surface area contributed by atoms with Crippen LogP contribution in [0.5, 0.6) is 0 Å². The number of carbonyl (C=O) groups excluding carboxylic acids is 1. The van der Waals surface area contributed by atoms with Crippen molar-refractivity contribution in [1.82, 2.24) is 19.9 Å². The summed E-state index contributed by atoms with van der Waals surface area (Å²) in [5.74, 6) is 1.03. The number of nitrogens with zero attached hydrogens (tertiary/aromatic N) is 4. The first kappa shape index (κ1) is 28.7. The van der Waals surface area contributed by atoms with Crippen LogP contribution < -0.4 is 16.0 Å². The van der Waals surface area contributed by atoms with Gasteiger partial charge in [0.15, 0.2) is 0 Å². The molecule has 7 rings (SSSR count). The second kappa shape index (κ2) is 11.7. The van der Waals surface area contributed by atoms with Gasteiger partial charge in [0.25, 0.3) is 0 Å². The minimum atomic E-state index is -1.22. The number of aromatic nitrogens is 4. The maximum atomic E-state index is 13.1. The molecule has 3 fully saturated rings. The number of thiazole rings is 1. The van der Waals surface area contributed by atoms with E-state index in [0.29, 0.717) is 29.3 Å². The van der Waals surface area contributed by atoms with Gasteiger partial charge in [0.1, 0.15) is 22.4 Å². The molecular weight excluding hydrogens is 574 g/mol. The van der Waals surface area contributed by atoms with E-state index in [-0.39, 0.29) is 24.7 Å². The fraction of sp³-hybridized carbons (Fsp3) is 0.433. The van der Waals surface area contributed by atoms with Gasteiger partial charge in [0.2, 0.25) is 11.9 Å². The van der Waals surface area contributed by atoms with Crippen LogP contribution in [0.25, 0.3) is 20.8 Å². The van der Waals surface area contributed by atoms with Gasteiger partial charge in [-0.05, 0) is 63.1 Å². The van der Waals surface area contributed by atoms with E-state index < -0.39 is 24.2 Å². The van der Waals surface area contributed by atoms with E-state index in [9.17, 15) is 15.0 Å². The lowest BCUT2D eigenvalue weighted by atomic mass is 10.0. The van der Waals surface area contributed by atoms with Crippen LogP contribution in [-0.2, 0) is 4.79 Å². The fourth-order valence-electron chi connectivity index (χ4n) is 5.57. The highest BCUT2D eigenvalue weighted by molar-refractivity contribution is 7.21. The molecule has 3 saturated carbocycles. The van der Waals surface area contributed by atoms with Gasteiger partial charge in [-0.15, -0.1) is 23.7 Å². The molecule has 0 spiro atoms. The molecule has 0 radical (unpaired) electrons. The summed E-state index contributed by atoms with van der Waals surface area (Å²) in [5, 5.41) is 32.3. The van der Waals surface area contributed by atoms with E-state index in [1.807, 2.05) is 37.4 Å². The molecule has 3 aliphatic rings. The summed E-state index contributed by atoms with van der Waals surface area (Å²) in [6.45, 7) is 2.74. The summed E-state index contributed by atoms with van der Waals surface area (Å²) >= 11 is 1.57. The summed E-state index contributed by atoms with van der Waals surface area (Å²) < 4.78 is 1.06. The summed E-state index contributed by atoms with van der Waals surface area (Å²) in [7, 11) is 0. The maximum absolute atomic E-state index is 13.1. The number of hydrogen-bond donors (Lipinski definition) is 5. The number of rotatable bonds is 9. The van der Waals surface area contributed by atoms with Crippen molar-refractivity contribution in [3.8, 4) is 10.6 Å². The van der Waals surface area contributed by atoms with Gasteiger partial charge in [0, 0.05) is 24.3 Å². The third-order valence-corrected chi connectivity index (χ3v) is 9.27. The Morgan fingerprint density at radius 3 is 2.55 bits per heavy atom. The minimum Gasteiger partial charge on any atom is -0.390 e. The smallest absolute Gasteiger partial charge is 0.230 e. The van der Waals surface area contributed by atoms with Gasteiger partial charge >= 0.3 is 0 Å². The molecule has 12 heteroatoms. The number of para-hydroxylation sites is 1. The van der Waals surface area contributed by atoms with Crippen LogP contribution in [-0.4, -0.2) is 60.9 Å². The third kappa shape index (κ3) is 5.78. The lowest BCUT2D eigenvalue weighted by Gasteiger charge is -2.21.